The number of hydrogen-bond donors (Lipinski definition) is 4. The van der Waals surface area contributed by atoms with Gasteiger partial charge in [0.05, 0.1) is 12.0 Å². The van der Waals surface area contributed by atoms with Crippen molar-refractivity contribution in [3.63, 3.8) is 0 Å². The maximum absolute atomic E-state index is 11.5. The van der Waals surface area contributed by atoms with Gasteiger partial charge in [0.1, 0.15) is 5.78 Å². The summed E-state index contributed by atoms with van der Waals surface area (Å²) in [5.41, 5.74) is 15.9. The Morgan fingerprint density at radius 1 is 1.35 bits per heavy atom. The van der Waals surface area contributed by atoms with Crippen LogP contribution in [-0.4, -0.2) is 35.4 Å². The molecule has 17 heavy (non-hydrogen) atoms. The summed E-state index contributed by atoms with van der Waals surface area (Å²) in [5, 5.41) is 8.65. The highest BCUT2D eigenvalue weighted by Gasteiger charge is 2.20. The molecule has 0 aliphatic rings. The number of nitrogens with two attached hydrogens (primary N) is 3. The third-order valence-corrected chi connectivity index (χ3v) is 2.31. The Kier molecular flexibility index (Phi) is 6.88. The van der Waals surface area contributed by atoms with Crippen molar-refractivity contribution in [3.05, 3.63) is 0 Å². The fraction of sp³-hybridized carbons (Fsp3) is 0.700. The second kappa shape index (κ2) is 7.61. The van der Waals surface area contributed by atoms with E-state index >= 15 is 0 Å². The maximum Gasteiger partial charge on any atom is 0.306 e. The molecule has 98 valence electrons. The minimum absolute atomic E-state index is 0.00407. The van der Waals surface area contributed by atoms with E-state index in [-0.39, 0.29) is 18.2 Å². The highest BCUT2D eigenvalue weighted by molar-refractivity contribution is 5.87. The van der Waals surface area contributed by atoms with Crippen LogP contribution in [0.25, 0.3) is 0 Å². The van der Waals surface area contributed by atoms with E-state index in [1.54, 1.807) is 0 Å². The van der Waals surface area contributed by atoms with E-state index in [9.17, 15) is 9.59 Å². The molecule has 0 heterocycles. The van der Waals surface area contributed by atoms with Crippen LogP contribution >= 0.6 is 0 Å². The van der Waals surface area contributed by atoms with Gasteiger partial charge in [-0.1, -0.05) is 6.92 Å². The predicted molar refractivity (Wildman–Crippen MR) is 64.3 cm³/mol. The molecular weight excluding hydrogens is 224 g/mol. The molecule has 0 aliphatic heterocycles. The molecule has 0 fully saturated rings. The van der Waals surface area contributed by atoms with Gasteiger partial charge in [-0.3, -0.25) is 14.6 Å². The number of Topliss-reactive ketones (excluding diaryl/α,β-unsaturated/α-hetero) is 1. The summed E-state index contributed by atoms with van der Waals surface area (Å²) in [6.07, 6.45) is 0.993. The molecule has 0 spiro atoms. The van der Waals surface area contributed by atoms with E-state index in [2.05, 4.69) is 4.99 Å². The Morgan fingerprint density at radius 2 is 1.94 bits per heavy atom. The SMILES string of the molecule is CC(CC(=O)C(N)CCCN=C(N)N)C(=O)O. The number of carbonyl (C=O) groups excluding carboxylic acids is 1. The number of carbonyl (C=O) groups is 2. The fourth-order valence-electron chi connectivity index (χ4n) is 1.22. The van der Waals surface area contributed by atoms with E-state index in [4.69, 9.17) is 22.3 Å². The summed E-state index contributed by atoms with van der Waals surface area (Å²) >= 11 is 0. The molecule has 0 bridgehead atoms. The molecule has 7 N–H and O–H groups in total. The van der Waals surface area contributed by atoms with Crippen LogP contribution in [0.1, 0.15) is 26.2 Å². The fourth-order valence-corrected chi connectivity index (χ4v) is 1.22. The summed E-state index contributed by atoms with van der Waals surface area (Å²) in [6.45, 7) is 1.89. The molecule has 0 rings (SSSR count). The quantitative estimate of drug-likeness (QED) is 0.246. The molecule has 2 unspecified atom stereocenters. The van der Waals surface area contributed by atoms with Crippen LogP contribution in [0.15, 0.2) is 4.99 Å². The van der Waals surface area contributed by atoms with Crippen molar-refractivity contribution in [3.8, 4) is 0 Å². The number of aliphatic imine (C=N–C) groups is 1. The van der Waals surface area contributed by atoms with Crippen LogP contribution in [-0.2, 0) is 9.59 Å². The third-order valence-electron chi connectivity index (χ3n) is 2.31. The Labute approximate surface area is 100 Å². The topological polar surface area (TPSA) is 145 Å². The lowest BCUT2D eigenvalue weighted by molar-refractivity contribution is -0.143. The van der Waals surface area contributed by atoms with Crippen molar-refractivity contribution < 1.29 is 14.7 Å². The van der Waals surface area contributed by atoms with Gasteiger partial charge in [0.25, 0.3) is 0 Å². The van der Waals surface area contributed by atoms with E-state index in [1.807, 2.05) is 0 Å². The largest absolute Gasteiger partial charge is 0.481 e. The van der Waals surface area contributed by atoms with Crippen LogP contribution < -0.4 is 17.2 Å². The number of ketones is 1. The molecule has 0 amide bonds. The normalized spacial score (nSPS) is 13.8. The lowest BCUT2D eigenvalue weighted by Crippen LogP contribution is -2.33. The van der Waals surface area contributed by atoms with Gasteiger partial charge in [-0.25, -0.2) is 0 Å². The minimum atomic E-state index is -0.994. The van der Waals surface area contributed by atoms with Crippen LogP contribution in [0.3, 0.4) is 0 Å². The molecule has 0 aromatic heterocycles. The van der Waals surface area contributed by atoms with Gasteiger partial charge in [0.2, 0.25) is 0 Å². The Morgan fingerprint density at radius 3 is 2.41 bits per heavy atom. The second-order valence-electron chi connectivity index (χ2n) is 3.97. The van der Waals surface area contributed by atoms with Crippen molar-refractivity contribution in [2.75, 3.05) is 6.54 Å². The first-order valence-corrected chi connectivity index (χ1v) is 5.41. The minimum Gasteiger partial charge on any atom is -0.481 e. The second-order valence-corrected chi connectivity index (χ2v) is 3.97. The van der Waals surface area contributed by atoms with Crippen LogP contribution in [0.5, 0.6) is 0 Å². The number of nitrogens with zero attached hydrogens (tertiary/aromatic N) is 1. The summed E-state index contributed by atoms with van der Waals surface area (Å²) < 4.78 is 0. The average Bonchev–Trinajstić information content (AvgIpc) is 2.23. The van der Waals surface area contributed by atoms with Gasteiger partial charge in [-0.2, -0.15) is 0 Å². The van der Waals surface area contributed by atoms with E-state index in [0.717, 1.165) is 0 Å². The molecule has 7 nitrogen and oxygen atoms in total. The molecule has 0 saturated carbocycles. The Hall–Kier alpha value is -1.63. The highest BCUT2D eigenvalue weighted by atomic mass is 16.4. The van der Waals surface area contributed by atoms with E-state index < -0.39 is 17.9 Å². The van der Waals surface area contributed by atoms with Crippen molar-refractivity contribution in [2.24, 2.45) is 28.1 Å². The number of carboxylic acid groups (broad SMARTS) is 1. The predicted octanol–water partition coefficient (Wildman–Crippen LogP) is -0.953. The average molecular weight is 244 g/mol. The van der Waals surface area contributed by atoms with Gasteiger partial charge in [-0.15, -0.1) is 0 Å². The highest BCUT2D eigenvalue weighted by Crippen LogP contribution is 2.07. The van der Waals surface area contributed by atoms with Crippen molar-refractivity contribution in [2.45, 2.75) is 32.2 Å². The van der Waals surface area contributed by atoms with Gasteiger partial charge < -0.3 is 22.3 Å². The van der Waals surface area contributed by atoms with E-state index in [1.165, 1.54) is 6.92 Å². The summed E-state index contributed by atoms with van der Waals surface area (Å²) in [7, 11) is 0. The van der Waals surface area contributed by atoms with Crippen molar-refractivity contribution in [1.29, 1.82) is 0 Å². The van der Waals surface area contributed by atoms with Gasteiger partial charge >= 0.3 is 5.97 Å². The summed E-state index contributed by atoms with van der Waals surface area (Å²) in [6, 6.07) is -0.647. The number of rotatable bonds is 8. The first-order chi connectivity index (χ1) is 7.84. The number of guanidine groups is 1. The Bertz CT molecular complexity index is 300. The van der Waals surface area contributed by atoms with Gasteiger partial charge in [0, 0.05) is 13.0 Å². The van der Waals surface area contributed by atoms with Crippen LogP contribution in [0, 0.1) is 5.92 Å². The van der Waals surface area contributed by atoms with Gasteiger partial charge in [-0.05, 0) is 12.8 Å². The zero-order valence-electron chi connectivity index (χ0n) is 9.93. The zero-order valence-corrected chi connectivity index (χ0v) is 9.93. The van der Waals surface area contributed by atoms with E-state index in [0.29, 0.717) is 19.4 Å². The standard InChI is InChI=1S/C10H20N4O3/c1-6(9(16)17)5-8(15)7(11)3-2-4-14-10(12)13/h6-7H,2-5,11H2,1H3,(H,16,17)(H4,12,13,14). The molecule has 0 radical (unpaired) electrons. The first kappa shape index (κ1) is 15.4. The molecule has 2 atom stereocenters. The molecule has 0 aromatic rings. The summed E-state index contributed by atoms with van der Waals surface area (Å²) in [5.74, 6) is -1.94. The molecule has 7 heteroatoms. The van der Waals surface area contributed by atoms with Gasteiger partial charge in [0.15, 0.2) is 5.96 Å². The first-order valence-electron chi connectivity index (χ1n) is 5.41. The third kappa shape index (κ3) is 7.29. The molecular formula is C10H20N4O3. The zero-order chi connectivity index (χ0) is 13.4. The van der Waals surface area contributed by atoms with Crippen molar-refractivity contribution >= 4 is 17.7 Å². The number of carboxylic acids is 1. The molecule has 0 saturated heterocycles. The molecule has 0 aliphatic carbocycles. The lowest BCUT2D eigenvalue weighted by atomic mass is 9.98. The van der Waals surface area contributed by atoms with Crippen molar-refractivity contribution in [1.82, 2.24) is 0 Å². The smallest absolute Gasteiger partial charge is 0.306 e. The Balaban J connectivity index is 3.90. The summed E-state index contributed by atoms with van der Waals surface area (Å²) in [4.78, 5) is 25.8. The monoisotopic (exact) mass is 244 g/mol. The maximum atomic E-state index is 11.5. The number of aliphatic carboxylic acids is 1. The van der Waals surface area contributed by atoms with Crippen LogP contribution in [0.2, 0.25) is 0 Å². The number of hydrogen-bond acceptors (Lipinski definition) is 4. The molecule has 0 aromatic carbocycles. The van der Waals surface area contributed by atoms with Crippen LogP contribution in [0.4, 0.5) is 0 Å². The lowest BCUT2D eigenvalue weighted by Gasteiger charge is -2.11.